The van der Waals surface area contributed by atoms with Gasteiger partial charge < -0.3 is 5.32 Å². The largest absolute Gasteiger partial charge is 0.356 e. The van der Waals surface area contributed by atoms with Crippen molar-refractivity contribution < 1.29 is 18.0 Å². The van der Waals surface area contributed by atoms with E-state index in [1.54, 1.807) is 6.08 Å². The van der Waals surface area contributed by atoms with Crippen LogP contribution in [0, 0.1) is 0 Å². The standard InChI is InChI=1S/C12H19NO4S/c1-3-5-8-12(15)13-9-6-7-11(14)10-18(16,17)4-2/h3-4H,1-2,5-10H2,(H,13,15). The van der Waals surface area contributed by atoms with E-state index < -0.39 is 15.6 Å². The first-order valence-electron chi connectivity index (χ1n) is 5.65. The van der Waals surface area contributed by atoms with Gasteiger partial charge in [0, 0.05) is 24.8 Å². The van der Waals surface area contributed by atoms with Crippen molar-refractivity contribution >= 4 is 21.5 Å². The van der Waals surface area contributed by atoms with Gasteiger partial charge in [-0.1, -0.05) is 12.7 Å². The molecule has 0 aliphatic carbocycles. The summed E-state index contributed by atoms with van der Waals surface area (Å²) in [5.74, 6) is -0.975. The lowest BCUT2D eigenvalue weighted by Gasteiger charge is -2.03. The molecule has 102 valence electrons. The molecular weight excluding hydrogens is 254 g/mol. The van der Waals surface area contributed by atoms with E-state index >= 15 is 0 Å². The maximum absolute atomic E-state index is 11.3. The Morgan fingerprint density at radius 3 is 2.39 bits per heavy atom. The molecule has 0 aromatic rings. The summed E-state index contributed by atoms with van der Waals surface area (Å²) in [4.78, 5) is 22.5. The highest BCUT2D eigenvalue weighted by Crippen LogP contribution is 1.97. The lowest BCUT2D eigenvalue weighted by Crippen LogP contribution is -2.25. The number of amides is 1. The van der Waals surface area contributed by atoms with Gasteiger partial charge in [0.25, 0.3) is 0 Å². The Balaban J connectivity index is 3.73. The molecule has 0 saturated heterocycles. The Morgan fingerprint density at radius 2 is 1.83 bits per heavy atom. The van der Waals surface area contributed by atoms with E-state index in [2.05, 4.69) is 18.5 Å². The number of hydrogen-bond donors (Lipinski definition) is 1. The monoisotopic (exact) mass is 273 g/mol. The fourth-order valence-electron chi connectivity index (χ4n) is 1.19. The van der Waals surface area contributed by atoms with Crippen LogP contribution in [-0.2, 0) is 19.4 Å². The molecule has 0 heterocycles. The van der Waals surface area contributed by atoms with Crippen LogP contribution in [0.2, 0.25) is 0 Å². The lowest BCUT2D eigenvalue weighted by atomic mass is 10.2. The third-order valence-corrected chi connectivity index (χ3v) is 3.38. The molecule has 0 spiro atoms. The van der Waals surface area contributed by atoms with Crippen molar-refractivity contribution in [2.24, 2.45) is 0 Å². The molecule has 0 rings (SSSR count). The second-order valence-electron chi connectivity index (χ2n) is 3.79. The van der Waals surface area contributed by atoms with Crippen LogP contribution >= 0.6 is 0 Å². The highest BCUT2D eigenvalue weighted by Gasteiger charge is 2.12. The van der Waals surface area contributed by atoms with Gasteiger partial charge in [-0.25, -0.2) is 8.42 Å². The van der Waals surface area contributed by atoms with Crippen molar-refractivity contribution in [2.75, 3.05) is 12.3 Å². The fourth-order valence-corrected chi connectivity index (χ4v) is 1.90. The Hall–Kier alpha value is -1.43. The molecule has 1 amide bonds. The first-order valence-corrected chi connectivity index (χ1v) is 7.37. The van der Waals surface area contributed by atoms with Crippen LogP contribution in [0.1, 0.15) is 25.7 Å². The van der Waals surface area contributed by atoms with Gasteiger partial charge in [0.1, 0.15) is 11.5 Å². The number of carbonyl (C=O) groups excluding carboxylic acids is 2. The zero-order valence-electron chi connectivity index (χ0n) is 10.4. The van der Waals surface area contributed by atoms with Gasteiger partial charge in [-0.2, -0.15) is 0 Å². The second kappa shape index (κ2) is 8.63. The highest BCUT2D eigenvalue weighted by molar-refractivity contribution is 7.94. The summed E-state index contributed by atoms with van der Waals surface area (Å²) in [7, 11) is -3.47. The van der Waals surface area contributed by atoms with Crippen LogP contribution in [-0.4, -0.2) is 32.4 Å². The molecule has 0 aliphatic heterocycles. The third kappa shape index (κ3) is 8.69. The average Bonchev–Trinajstić information content (AvgIpc) is 2.31. The first-order chi connectivity index (χ1) is 8.41. The van der Waals surface area contributed by atoms with Crippen LogP contribution in [0.4, 0.5) is 0 Å². The molecule has 0 bridgehead atoms. The van der Waals surface area contributed by atoms with Gasteiger partial charge in [-0.3, -0.25) is 9.59 Å². The summed E-state index contributed by atoms with van der Waals surface area (Å²) >= 11 is 0. The predicted octanol–water partition coefficient (Wildman–Crippen LogP) is 0.976. The predicted molar refractivity (Wildman–Crippen MR) is 70.7 cm³/mol. The molecule has 18 heavy (non-hydrogen) atoms. The Labute approximate surface area is 108 Å². The van der Waals surface area contributed by atoms with Crippen LogP contribution < -0.4 is 5.32 Å². The van der Waals surface area contributed by atoms with Gasteiger partial charge in [-0.15, -0.1) is 6.58 Å². The summed E-state index contributed by atoms with van der Waals surface area (Å²) in [6.07, 6.45) is 3.22. The van der Waals surface area contributed by atoms with Gasteiger partial charge in [0.15, 0.2) is 9.84 Å². The topological polar surface area (TPSA) is 80.3 Å². The van der Waals surface area contributed by atoms with Gasteiger partial charge in [0.05, 0.1) is 0 Å². The first kappa shape index (κ1) is 16.6. The van der Waals surface area contributed by atoms with Crippen molar-refractivity contribution in [1.82, 2.24) is 5.32 Å². The normalized spacial score (nSPS) is 10.7. The molecular formula is C12H19NO4S. The number of nitrogens with one attached hydrogen (secondary N) is 1. The van der Waals surface area contributed by atoms with E-state index in [9.17, 15) is 18.0 Å². The molecule has 5 nitrogen and oxygen atoms in total. The summed E-state index contributed by atoms with van der Waals surface area (Å²) in [5.41, 5.74) is 0. The van der Waals surface area contributed by atoms with Crippen molar-refractivity contribution in [3.63, 3.8) is 0 Å². The molecule has 0 aromatic heterocycles. The minimum atomic E-state index is -3.47. The Kier molecular flexibility index (Phi) is 7.94. The van der Waals surface area contributed by atoms with Gasteiger partial charge in [0.2, 0.25) is 5.91 Å². The number of Topliss-reactive ketones (excluding diaryl/α,β-unsaturated/α-hetero) is 1. The van der Waals surface area contributed by atoms with E-state index in [4.69, 9.17) is 0 Å². The molecule has 1 N–H and O–H groups in total. The van der Waals surface area contributed by atoms with Crippen molar-refractivity contribution in [1.29, 1.82) is 0 Å². The molecule has 0 fully saturated rings. The summed E-state index contributed by atoms with van der Waals surface area (Å²) < 4.78 is 22.1. The molecule has 0 saturated carbocycles. The molecule has 0 atom stereocenters. The van der Waals surface area contributed by atoms with E-state index in [0.717, 1.165) is 5.41 Å². The van der Waals surface area contributed by atoms with Crippen LogP contribution in [0.3, 0.4) is 0 Å². The molecule has 6 heteroatoms. The maximum atomic E-state index is 11.3. The van der Waals surface area contributed by atoms with Crippen molar-refractivity contribution in [3.05, 3.63) is 24.6 Å². The number of ketones is 1. The van der Waals surface area contributed by atoms with Crippen LogP contribution in [0.25, 0.3) is 0 Å². The van der Waals surface area contributed by atoms with E-state index in [1.807, 2.05) is 0 Å². The Morgan fingerprint density at radius 1 is 1.17 bits per heavy atom. The number of rotatable bonds is 10. The highest BCUT2D eigenvalue weighted by atomic mass is 32.2. The van der Waals surface area contributed by atoms with Crippen LogP contribution in [0.15, 0.2) is 24.6 Å². The van der Waals surface area contributed by atoms with E-state index in [1.165, 1.54) is 0 Å². The number of hydrogen-bond acceptors (Lipinski definition) is 4. The quantitative estimate of drug-likeness (QED) is 0.475. The van der Waals surface area contributed by atoms with Gasteiger partial charge in [-0.05, 0) is 12.8 Å². The lowest BCUT2D eigenvalue weighted by molar-refractivity contribution is -0.121. The minimum Gasteiger partial charge on any atom is -0.356 e. The SMILES string of the molecule is C=CCCC(=O)NCCCC(=O)CS(=O)(=O)C=C. The fraction of sp³-hybridized carbons (Fsp3) is 0.500. The summed E-state index contributed by atoms with van der Waals surface area (Å²) in [5, 5.41) is 3.42. The summed E-state index contributed by atoms with van der Waals surface area (Å²) in [6.45, 7) is 7.00. The summed E-state index contributed by atoms with van der Waals surface area (Å²) in [6, 6.07) is 0. The zero-order chi connectivity index (χ0) is 14.0. The van der Waals surface area contributed by atoms with Crippen molar-refractivity contribution in [2.45, 2.75) is 25.7 Å². The third-order valence-electron chi connectivity index (χ3n) is 2.15. The zero-order valence-corrected chi connectivity index (χ0v) is 11.2. The molecule has 0 aromatic carbocycles. The molecule has 0 radical (unpaired) electrons. The number of carbonyl (C=O) groups is 2. The van der Waals surface area contributed by atoms with E-state index in [-0.39, 0.29) is 18.1 Å². The average molecular weight is 273 g/mol. The number of allylic oxidation sites excluding steroid dienone is 1. The second-order valence-corrected chi connectivity index (χ2v) is 5.74. The number of sulfone groups is 1. The van der Waals surface area contributed by atoms with E-state index in [0.29, 0.717) is 25.8 Å². The minimum absolute atomic E-state index is 0.0962. The molecule has 0 aliphatic rings. The maximum Gasteiger partial charge on any atom is 0.220 e. The Bertz CT molecular complexity index is 412. The van der Waals surface area contributed by atoms with Gasteiger partial charge >= 0.3 is 0 Å². The molecule has 0 unspecified atom stereocenters. The van der Waals surface area contributed by atoms with Crippen LogP contribution in [0.5, 0.6) is 0 Å². The van der Waals surface area contributed by atoms with Crippen molar-refractivity contribution in [3.8, 4) is 0 Å². The smallest absolute Gasteiger partial charge is 0.220 e.